The van der Waals surface area contributed by atoms with Crippen LogP contribution in [0.2, 0.25) is 0 Å². The molecular weight excluding hydrogens is 370 g/mol. The first-order valence-corrected chi connectivity index (χ1v) is 9.07. The maximum Gasteiger partial charge on any atom is 0.291 e. The second-order valence-corrected chi connectivity index (χ2v) is 6.40. The first kappa shape index (κ1) is 19.9. The van der Waals surface area contributed by atoms with Crippen LogP contribution in [-0.4, -0.2) is 24.3 Å². The van der Waals surface area contributed by atoms with Crippen LogP contribution in [0, 0.1) is 6.92 Å². The van der Waals surface area contributed by atoms with Gasteiger partial charge in [0.05, 0.1) is 12.8 Å². The molecule has 0 bridgehead atoms. The van der Waals surface area contributed by atoms with Crippen molar-refractivity contribution in [2.24, 2.45) is 0 Å². The Labute approximate surface area is 168 Å². The summed E-state index contributed by atoms with van der Waals surface area (Å²) in [6.45, 7) is 2.05. The van der Waals surface area contributed by atoms with Crippen molar-refractivity contribution < 1.29 is 18.8 Å². The van der Waals surface area contributed by atoms with Crippen molar-refractivity contribution in [3.63, 3.8) is 0 Å². The lowest BCUT2D eigenvalue weighted by atomic mass is 10.1. The smallest absolute Gasteiger partial charge is 0.291 e. The average molecular weight is 391 g/mol. The van der Waals surface area contributed by atoms with Gasteiger partial charge in [0.15, 0.2) is 5.76 Å². The zero-order chi connectivity index (χ0) is 20.6. The number of furan rings is 1. The molecule has 0 unspecified atom stereocenters. The first-order valence-electron chi connectivity index (χ1n) is 9.07. The minimum atomic E-state index is -0.333. The highest BCUT2D eigenvalue weighted by Gasteiger charge is 2.10. The van der Waals surface area contributed by atoms with Crippen molar-refractivity contribution in [1.82, 2.24) is 10.6 Å². The number of aryl methyl sites for hydroxylation is 1. The number of rotatable bonds is 7. The predicted octanol–water partition coefficient (Wildman–Crippen LogP) is 2.89. The highest BCUT2D eigenvalue weighted by molar-refractivity contribution is 6.02. The van der Waals surface area contributed by atoms with E-state index in [2.05, 4.69) is 16.0 Å². The Balaban J connectivity index is 1.43. The monoisotopic (exact) mass is 391 g/mol. The van der Waals surface area contributed by atoms with E-state index in [1.54, 1.807) is 48.5 Å². The summed E-state index contributed by atoms with van der Waals surface area (Å²) in [7, 11) is 0. The molecule has 3 rings (SSSR count). The van der Waals surface area contributed by atoms with Crippen molar-refractivity contribution in [3.05, 3.63) is 89.4 Å². The molecular formula is C22H21N3O4. The molecule has 0 saturated carbocycles. The maximum absolute atomic E-state index is 12.1. The molecule has 0 atom stereocenters. The number of hydrogen-bond acceptors (Lipinski definition) is 4. The minimum absolute atomic E-state index is 0.107. The lowest BCUT2D eigenvalue weighted by Crippen LogP contribution is -2.36. The third-order valence-electron chi connectivity index (χ3n) is 4.25. The van der Waals surface area contributed by atoms with E-state index in [1.807, 2.05) is 19.1 Å². The van der Waals surface area contributed by atoms with E-state index in [0.29, 0.717) is 17.8 Å². The van der Waals surface area contributed by atoms with E-state index < -0.39 is 0 Å². The molecule has 3 aromatic rings. The fraction of sp³-hybridized carbons (Fsp3) is 0.136. The van der Waals surface area contributed by atoms with E-state index in [-0.39, 0.29) is 30.0 Å². The standard InChI is InChI=1S/C22H21N3O4/c1-15-5-2-3-6-18(15)21(27)24-14-20(26)23-13-16-8-10-17(11-9-16)25-22(28)19-7-4-12-29-19/h2-12H,13-14H2,1H3,(H,23,26)(H,24,27)(H,25,28). The van der Waals surface area contributed by atoms with Gasteiger partial charge in [-0.15, -0.1) is 0 Å². The summed E-state index contributed by atoms with van der Waals surface area (Å²) < 4.78 is 5.04. The minimum Gasteiger partial charge on any atom is -0.459 e. The lowest BCUT2D eigenvalue weighted by molar-refractivity contribution is -0.120. The summed E-state index contributed by atoms with van der Waals surface area (Å²) in [5.41, 5.74) is 2.88. The molecule has 3 amide bonds. The van der Waals surface area contributed by atoms with Gasteiger partial charge in [0, 0.05) is 17.8 Å². The predicted molar refractivity (Wildman–Crippen MR) is 108 cm³/mol. The number of benzene rings is 2. The van der Waals surface area contributed by atoms with E-state index in [4.69, 9.17) is 4.42 Å². The Kier molecular flexibility index (Phi) is 6.42. The van der Waals surface area contributed by atoms with Crippen LogP contribution in [0.25, 0.3) is 0 Å². The van der Waals surface area contributed by atoms with Gasteiger partial charge in [0.1, 0.15) is 0 Å². The maximum atomic E-state index is 12.1. The third-order valence-corrected chi connectivity index (χ3v) is 4.25. The van der Waals surface area contributed by atoms with E-state index in [0.717, 1.165) is 11.1 Å². The Hall–Kier alpha value is -3.87. The second kappa shape index (κ2) is 9.36. The molecule has 0 aliphatic heterocycles. The molecule has 0 aliphatic carbocycles. The zero-order valence-electron chi connectivity index (χ0n) is 15.9. The van der Waals surface area contributed by atoms with E-state index >= 15 is 0 Å². The Morgan fingerprint density at radius 3 is 2.31 bits per heavy atom. The highest BCUT2D eigenvalue weighted by atomic mass is 16.3. The van der Waals surface area contributed by atoms with Crippen LogP contribution in [0.1, 0.15) is 32.0 Å². The van der Waals surface area contributed by atoms with Crippen molar-refractivity contribution in [1.29, 1.82) is 0 Å². The number of amides is 3. The molecule has 0 aliphatic rings. The molecule has 148 valence electrons. The molecule has 0 spiro atoms. The number of nitrogens with one attached hydrogen (secondary N) is 3. The normalized spacial score (nSPS) is 10.2. The lowest BCUT2D eigenvalue weighted by Gasteiger charge is -2.09. The molecule has 7 nitrogen and oxygen atoms in total. The van der Waals surface area contributed by atoms with E-state index in [1.165, 1.54) is 6.26 Å². The summed E-state index contributed by atoms with van der Waals surface area (Å²) in [6.07, 6.45) is 1.43. The molecule has 2 aromatic carbocycles. The van der Waals surface area contributed by atoms with Gasteiger partial charge in [-0.3, -0.25) is 14.4 Å². The summed E-state index contributed by atoms with van der Waals surface area (Å²) in [5.74, 6) is -0.674. The van der Waals surface area contributed by atoms with Crippen molar-refractivity contribution >= 4 is 23.4 Å². The highest BCUT2D eigenvalue weighted by Crippen LogP contribution is 2.12. The van der Waals surface area contributed by atoms with Crippen molar-refractivity contribution in [3.8, 4) is 0 Å². The quantitative estimate of drug-likeness (QED) is 0.576. The topological polar surface area (TPSA) is 100 Å². The Morgan fingerprint density at radius 2 is 1.62 bits per heavy atom. The van der Waals surface area contributed by atoms with Crippen LogP contribution in [0.15, 0.2) is 71.3 Å². The molecule has 0 saturated heterocycles. The number of hydrogen-bond donors (Lipinski definition) is 3. The molecule has 3 N–H and O–H groups in total. The molecule has 0 fully saturated rings. The van der Waals surface area contributed by atoms with Crippen LogP contribution in [0.4, 0.5) is 5.69 Å². The SMILES string of the molecule is Cc1ccccc1C(=O)NCC(=O)NCc1ccc(NC(=O)c2ccco2)cc1. The van der Waals surface area contributed by atoms with Crippen LogP contribution in [0.5, 0.6) is 0 Å². The van der Waals surface area contributed by atoms with Crippen LogP contribution < -0.4 is 16.0 Å². The molecule has 29 heavy (non-hydrogen) atoms. The van der Waals surface area contributed by atoms with Crippen LogP contribution in [-0.2, 0) is 11.3 Å². The molecule has 1 aromatic heterocycles. The summed E-state index contributed by atoms with van der Waals surface area (Å²) >= 11 is 0. The molecule has 7 heteroatoms. The van der Waals surface area contributed by atoms with Gasteiger partial charge in [0.25, 0.3) is 11.8 Å². The van der Waals surface area contributed by atoms with Gasteiger partial charge in [-0.2, -0.15) is 0 Å². The Bertz CT molecular complexity index is 995. The second-order valence-electron chi connectivity index (χ2n) is 6.40. The third kappa shape index (κ3) is 5.55. The fourth-order valence-corrected chi connectivity index (χ4v) is 2.65. The average Bonchev–Trinajstić information content (AvgIpc) is 3.27. The summed E-state index contributed by atoms with van der Waals surface area (Å²) in [4.78, 5) is 36.0. The van der Waals surface area contributed by atoms with Crippen LogP contribution in [0.3, 0.4) is 0 Å². The van der Waals surface area contributed by atoms with Gasteiger partial charge in [-0.05, 0) is 48.4 Å². The number of anilines is 1. The van der Waals surface area contributed by atoms with Crippen molar-refractivity contribution in [2.75, 3.05) is 11.9 Å². The van der Waals surface area contributed by atoms with Gasteiger partial charge in [-0.25, -0.2) is 0 Å². The molecule has 0 radical (unpaired) electrons. The molecule has 1 heterocycles. The van der Waals surface area contributed by atoms with Gasteiger partial charge < -0.3 is 20.4 Å². The summed E-state index contributed by atoms with van der Waals surface area (Å²) in [5, 5.41) is 8.08. The zero-order valence-corrected chi connectivity index (χ0v) is 15.9. The number of carbonyl (C=O) groups is 3. The first-order chi connectivity index (χ1) is 14.0. The van der Waals surface area contributed by atoms with Crippen molar-refractivity contribution in [2.45, 2.75) is 13.5 Å². The van der Waals surface area contributed by atoms with Gasteiger partial charge in [-0.1, -0.05) is 30.3 Å². The van der Waals surface area contributed by atoms with Gasteiger partial charge >= 0.3 is 0 Å². The van der Waals surface area contributed by atoms with E-state index in [9.17, 15) is 14.4 Å². The van der Waals surface area contributed by atoms with Crippen LogP contribution >= 0.6 is 0 Å². The number of carbonyl (C=O) groups excluding carboxylic acids is 3. The Morgan fingerprint density at radius 1 is 0.862 bits per heavy atom. The fourth-order valence-electron chi connectivity index (χ4n) is 2.65. The largest absolute Gasteiger partial charge is 0.459 e. The van der Waals surface area contributed by atoms with Gasteiger partial charge in [0.2, 0.25) is 5.91 Å². The summed E-state index contributed by atoms with van der Waals surface area (Å²) in [6, 6.07) is 17.5.